The third-order valence-electron chi connectivity index (χ3n) is 11.0. The number of phenols is 1. The first-order valence-electron chi connectivity index (χ1n) is 16.7. The number of methoxy groups -OCH3 is 1. The van der Waals surface area contributed by atoms with Gasteiger partial charge in [0, 0.05) is 29.5 Å². The Kier molecular flexibility index (Phi) is 8.83. The number of hydrogen-bond acceptors (Lipinski definition) is 8. The van der Waals surface area contributed by atoms with E-state index in [1.165, 1.54) is 13.2 Å². The first kappa shape index (κ1) is 34.6. The number of allylic oxidation sites excluding steroid dienone is 2. The van der Waals surface area contributed by atoms with Crippen LogP contribution in [0.15, 0.2) is 72.3 Å². The monoisotopic (exact) mass is 731 g/mol. The molecule has 2 aliphatic carbocycles. The number of ether oxygens (including phenoxy) is 1. The average Bonchev–Trinajstić information content (AvgIpc) is 3.47. The van der Waals surface area contributed by atoms with Crippen molar-refractivity contribution in [2.45, 2.75) is 43.9 Å². The Labute approximate surface area is 303 Å². The van der Waals surface area contributed by atoms with Crippen molar-refractivity contribution in [2.24, 2.45) is 23.7 Å². The highest BCUT2D eigenvalue weighted by Crippen LogP contribution is 2.65. The number of anilines is 1. The van der Waals surface area contributed by atoms with Crippen LogP contribution in [0, 0.1) is 30.6 Å². The third kappa shape index (κ3) is 5.36. The third-order valence-corrected chi connectivity index (χ3v) is 11.6. The second kappa shape index (κ2) is 13.0. The zero-order chi connectivity index (χ0) is 36.4. The van der Waals surface area contributed by atoms with E-state index in [4.69, 9.17) is 27.9 Å². The summed E-state index contributed by atoms with van der Waals surface area (Å²) in [5.41, 5.74) is 3.77. The second-order valence-corrected chi connectivity index (χ2v) is 14.4. The number of fused-ring (bicyclic) bond motifs is 4. The molecule has 51 heavy (non-hydrogen) atoms. The van der Waals surface area contributed by atoms with Crippen LogP contribution in [0.1, 0.15) is 48.3 Å². The number of nitrogens with one attached hydrogen (secondary N) is 1. The van der Waals surface area contributed by atoms with E-state index in [2.05, 4.69) is 5.43 Å². The number of imide groups is 2. The summed E-state index contributed by atoms with van der Waals surface area (Å²) in [5, 5.41) is 22.4. The molecular weight excluding hydrogens is 697 g/mol. The predicted octanol–water partition coefficient (Wildman–Crippen LogP) is 5.87. The number of hydrogen-bond donors (Lipinski definition) is 3. The number of carboxylic acids is 1. The number of para-hydroxylation sites is 1. The number of halogens is 2. The number of carboxylic acid groups (broad SMARTS) is 1. The number of phenolic OH excluding ortho intramolecular Hbond substituents is 1. The minimum Gasteiger partial charge on any atom is -0.507 e. The summed E-state index contributed by atoms with van der Waals surface area (Å²) in [6.07, 6.45) is 2.07. The molecule has 1 saturated carbocycles. The molecule has 3 aromatic rings. The molecule has 2 saturated heterocycles. The zero-order valence-electron chi connectivity index (χ0n) is 27.8. The van der Waals surface area contributed by atoms with Gasteiger partial charge in [-0.2, -0.15) is 5.01 Å². The number of likely N-dealkylation sites (tertiary alicyclic amines) is 1. The summed E-state index contributed by atoms with van der Waals surface area (Å²) in [5.74, 6) is -6.62. The highest BCUT2D eigenvalue weighted by molar-refractivity contribution is 6.36. The Balaban J connectivity index is 1.42. The quantitative estimate of drug-likeness (QED) is 0.181. The fraction of sp³-hybridized carbons (Fsp3) is 0.342. The van der Waals surface area contributed by atoms with Crippen LogP contribution >= 0.6 is 23.2 Å². The molecule has 3 N–H and O–H groups in total. The van der Waals surface area contributed by atoms with Gasteiger partial charge in [-0.3, -0.25) is 34.3 Å². The first-order chi connectivity index (χ1) is 24.4. The van der Waals surface area contributed by atoms with E-state index < -0.39 is 58.7 Å². The molecule has 7 rings (SSSR count). The lowest BCUT2D eigenvalue weighted by Crippen LogP contribution is -2.53. The number of aryl methyl sites for hydroxylation is 1. The van der Waals surface area contributed by atoms with Crippen LogP contribution in [-0.2, 0) is 29.4 Å². The first-order valence-corrected chi connectivity index (χ1v) is 17.5. The summed E-state index contributed by atoms with van der Waals surface area (Å²) in [4.78, 5) is 70.3. The molecular formula is C38H35Cl2N3O8. The van der Waals surface area contributed by atoms with Gasteiger partial charge in [0.2, 0.25) is 11.8 Å². The van der Waals surface area contributed by atoms with Gasteiger partial charge in [0.15, 0.2) is 0 Å². The molecule has 264 valence electrons. The minimum absolute atomic E-state index is 0.0305. The number of benzene rings is 3. The van der Waals surface area contributed by atoms with Gasteiger partial charge in [-0.15, -0.1) is 0 Å². The van der Waals surface area contributed by atoms with Crippen molar-refractivity contribution < 1.29 is 38.9 Å². The van der Waals surface area contributed by atoms with Crippen LogP contribution in [0.5, 0.6) is 11.5 Å². The van der Waals surface area contributed by atoms with Crippen LogP contribution in [0.4, 0.5) is 5.69 Å². The van der Waals surface area contributed by atoms with Gasteiger partial charge in [0.1, 0.15) is 11.5 Å². The van der Waals surface area contributed by atoms with E-state index in [9.17, 15) is 29.4 Å². The van der Waals surface area contributed by atoms with Crippen LogP contribution in [0.3, 0.4) is 0 Å². The lowest BCUT2D eigenvalue weighted by Gasteiger charge is -2.50. The van der Waals surface area contributed by atoms with Crippen molar-refractivity contribution in [1.29, 1.82) is 0 Å². The van der Waals surface area contributed by atoms with E-state index in [0.717, 1.165) is 9.91 Å². The van der Waals surface area contributed by atoms with E-state index in [1.807, 2.05) is 6.08 Å². The minimum atomic E-state index is -1.61. The van der Waals surface area contributed by atoms with Gasteiger partial charge in [-0.25, -0.2) is 0 Å². The number of hydrazine groups is 1. The molecule has 0 spiro atoms. The predicted molar refractivity (Wildman–Crippen MR) is 187 cm³/mol. The summed E-state index contributed by atoms with van der Waals surface area (Å²) in [7, 11) is 1.52. The number of aliphatic carboxylic acids is 1. The maximum absolute atomic E-state index is 15.3. The second-order valence-electron chi connectivity index (χ2n) is 13.6. The van der Waals surface area contributed by atoms with Crippen LogP contribution < -0.4 is 10.2 Å². The Morgan fingerprint density at radius 2 is 1.75 bits per heavy atom. The van der Waals surface area contributed by atoms with Crippen molar-refractivity contribution in [2.75, 3.05) is 19.1 Å². The maximum atomic E-state index is 15.3. The molecule has 2 heterocycles. The highest BCUT2D eigenvalue weighted by atomic mass is 35.5. The molecule has 4 amide bonds. The standard InChI is InChI=1S/C38H35Cl2N3O8/c1-19-5-3-6-25(33(19)46)32-23-13-14-24-31(36(49)42(34(24)47)16-4-7-30(44)45)26(23)18-27-35(48)43(41-29-15-10-21(39)17-28(29)40)37(50)38(27,32)20-8-11-22(51-2)12-9-20/h3,5-6,8-13,15,17,24,26-27,31-32,41,46H,4,7,14,16,18H2,1-2H3,(H,44,45). The fourth-order valence-electron chi connectivity index (χ4n) is 8.78. The van der Waals surface area contributed by atoms with Gasteiger partial charge >= 0.3 is 5.97 Å². The van der Waals surface area contributed by atoms with Gasteiger partial charge in [0.05, 0.1) is 41.0 Å². The van der Waals surface area contributed by atoms with Crippen molar-refractivity contribution in [3.8, 4) is 11.5 Å². The van der Waals surface area contributed by atoms with E-state index in [-0.39, 0.29) is 54.6 Å². The van der Waals surface area contributed by atoms with Crippen LogP contribution in [0.25, 0.3) is 0 Å². The smallest absolute Gasteiger partial charge is 0.303 e. The molecule has 6 unspecified atom stereocenters. The van der Waals surface area contributed by atoms with Crippen molar-refractivity contribution >= 4 is 58.5 Å². The summed E-state index contributed by atoms with van der Waals surface area (Å²) in [6.45, 7) is 1.71. The Hall–Kier alpha value is -4.87. The molecule has 11 nitrogen and oxygen atoms in total. The molecule has 2 aliphatic heterocycles. The Bertz CT molecular complexity index is 2020. The molecule has 3 aromatic carbocycles. The highest BCUT2D eigenvalue weighted by Gasteiger charge is 2.70. The van der Waals surface area contributed by atoms with Gasteiger partial charge < -0.3 is 14.9 Å². The lowest BCUT2D eigenvalue weighted by atomic mass is 9.49. The number of carbonyl (C=O) groups excluding carboxylic acids is 4. The van der Waals surface area contributed by atoms with Gasteiger partial charge in [-0.1, -0.05) is 65.2 Å². The number of rotatable bonds is 9. The fourth-order valence-corrected chi connectivity index (χ4v) is 9.23. The topological polar surface area (TPSA) is 154 Å². The molecule has 0 aromatic heterocycles. The largest absolute Gasteiger partial charge is 0.507 e. The average molecular weight is 733 g/mol. The number of amides is 4. The molecule has 4 aliphatic rings. The van der Waals surface area contributed by atoms with E-state index >= 15 is 4.79 Å². The van der Waals surface area contributed by atoms with Crippen molar-refractivity contribution in [3.63, 3.8) is 0 Å². The summed E-state index contributed by atoms with van der Waals surface area (Å²) < 4.78 is 5.43. The molecule has 0 radical (unpaired) electrons. The summed E-state index contributed by atoms with van der Waals surface area (Å²) in [6, 6.07) is 16.8. The van der Waals surface area contributed by atoms with E-state index in [1.54, 1.807) is 61.5 Å². The zero-order valence-corrected chi connectivity index (χ0v) is 29.3. The Morgan fingerprint density at radius 1 is 1.00 bits per heavy atom. The molecule has 3 fully saturated rings. The molecule has 13 heteroatoms. The maximum Gasteiger partial charge on any atom is 0.303 e. The number of aromatic hydroxyl groups is 1. The Morgan fingerprint density at radius 3 is 2.43 bits per heavy atom. The van der Waals surface area contributed by atoms with Gasteiger partial charge in [0.25, 0.3) is 11.8 Å². The lowest BCUT2D eigenvalue weighted by molar-refractivity contribution is -0.142. The van der Waals surface area contributed by atoms with Crippen molar-refractivity contribution in [3.05, 3.63) is 99.0 Å². The summed E-state index contributed by atoms with van der Waals surface area (Å²) >= 11 is 12.6. The molecule has 0 bridgehead atoms. The van der Waals surface area contributed by atoms with Gasteiger partial charge in [-0.05, 0) is 73.6 Å². The van der Waals surface area contributed by atoms with Crippen LogP contribution in [-0.4, -0.2) is 63.4 Å². The molecule has 6 atom stereocenters. The van der Waals surface area contributed by atoms with Crippen molar-refractivity contribution in [1.82, 2.24) is 9.91 Å². The van der Waals surface area contributed by atoms with Crippen LogP contribution in [0.2, 0.25) is 10.0 Å². The number of carbonyl (C=O) groups is 5. The van der Waals surface area contributed by atoms with E-state index in [0.29, 0.717) is 33.0 Å². The SMILES string of the molecule is COc1ccc(C23C(=O)N(Nc4ccc(Cl)cc4Cl)C(=O)C2CC2C(=CCC4C(=O)N(CCCC(=O)O)C(=O)C42)C3c2cccc(C)c2O)cc1. The normalized spacial score (nSPS) is 26.8. The number of nitrogens with zero attached hydrogens (tertiary/aromatic N) is 2.